The largest absolute Gasteiger partial charge is 0.450 e. The number of aromatic nitrogens is 2. The summed E-state index contributed by atoms with van der Waals surface area (Å²) in [5.74, 6) is -2.76. The van der Waals surface area contributed by atoms with Crippen molar-refractivity contribution < 1.29 is 19.1 Å². The Morgan fingerprint density at radius 1 is 1.00 bits per heavy atom. The van der Waals surface area contributed by atoms with Crippen LogP contribution in [0.15, 0.2) is 42.5 Å². The van der Waals surface area contributed by atoms with Crippen LogP contribution in [-0.4, -0.2) is 34.0 Å². The van der Waals surface area contributed by atoms with E-state index in [1.807, 2.05) is 30.3 Å². The second-order valence-electron chi connectivity index (χ2n) is 6.49. The number of ether oxygens (including phenoxy) is 1. The lowest BCUT2D eigenvalue weighted by molar-refractivity contribution is -0.142. The second kappa shape index (κ2) is 9.51. The number of benzene rings is 2. The number of esters is 1. The maximum Gasteiger partial charge on any atom is 0.380 e. The number of halogens is 3. The normalized spacial score (nSPS) is 10.6. The predicted molar refractivity (Wildman–Crippen MR) is 118 cm³/mol. The number of hydrogen-bond donors (Lipinski definition) is 1. The topological polar surface area (TPSA) is 90.3 Å². The Labute approximate surface area is 192 Å². The van der Waals surface area contributed by atoms with E-state index in [0.29, 0.717) is 11.4 Å². The molecule has 1 N–H and O–H groups in total. The Morgan fingerprint density at radius 3 is 2.32 bits per heavy atom. The molecule has 3 rings (SSSR count). The summed E-state index contributed by atoms with van der Waals surface area (Å²) in [6, 6.07) is 11.9. The maximum atomic E-state index is 12.6. The monoisotopic (exact) mass is 479 g/mol. The number of nitrogens with zero attached hydrogens (tertiary/aromatic N) is 2. The van der Waals surface area contributed by atoms with Gasteiger partial charge in [-0.25, -0.2) is 9.48 Å². The van der Waals surface area contributed by atoms with Crippen LogP contribution in [0.1, 0.15) is 21.7 Å². The Kier molecular flexibility index (Phi) is 7.00. The minimum absolute atomic E-state index is 0.127. The lowest BCUT2D eigenvalue weighted by Gasteiger charge is -2.09. The summed E-state index contributed by atoms with van der Waals surface area (Å²) in [6.07, 6.45) is 0. The molecule has 1 amide bonds. The molecule has 0 unspecified atom stereocenters. The molecule has 1 heterocycles. The Balaban J connectivity index is 1.68. The van der Waals surface area contributed by atoms with Crippen LogP contribution in [0.2, 0.25) is 15.1 Å². The molecule has 0 aliphatic rings. The first-order valence-corrected chi connectivity index (χ1v) is 10.1. The summed E-state index contributed by atoms with van der Waals surface area (Å²) < 4.78 is 6.44. The first-order valence-electron chi connectivity index (χ1n) is 8.96. The van der Waals surface area contributed by atoms with Gasteiger partial charge in [-0.3, -0.25) is 9.59 Å². The number of carbonyl (C=O) groups is 3. The number of para-hydroxylation sites is 1. The first-order chi connectivity index (χ1) is 14.7. The molecule has 0 fully saturated rings. The Hall–Kier alpha value is -2.87. The first kappa shape index (κ1) is 22.8. The van der Waals surface area contributed by atoms with Crippen molar-refractivity contribution in [2.75, 3.05) is 11.9 Å². The van der Waals surface area contributed by atoms with Gasteiger partial charge in [-0.05, 0) is 38.1 Å². The van der Waals surface area contributed by atoms with Crippen molar-refractivity contribution in [1.29, 1.82) is 0 Å². The summed E-state index contributed by atoms with van der Waals surface area (Å²) in [7, 11) is 0. The highest BCUT2D eigenvalue weighted by molar-refractivity contribution is 6.44. The molecular weight excluding hydrogens is 465 g/mol. The van der Waals surface area contributed by atoms with Crippen LogP contribution >= 0.6 is 34.8 Å². The Bertz CT molecular complexity index is 1180. The van der Waals surface area contributed by atoms with Gasteiger partial charge in [0, 0.05) is 0 Å². The fraction of sp³-hybridized carbons (Fsp3) is 0.143. The van der Waals surface area contributed by atoms with Gasteiger partial charge >= 0.3 is 5.97 Å². The molecule has 10 heteroatoms. The Morgan fingerprint density at radius 2 is 1.65 bits per heavy atom. The van der Waals surface area contributed by atoms with Crippen molar-refractivity contribution in [3.05, 3.63) is 74.5 Å². The number of aryl methyl sites for hydroxylation is 1. The van der Waals surface area contributed by atoms with Crippen molar-refractivity contribution in [2.24, 2.45) is 0 Å². The highest BCUT2D eigenvalue weighted by atomic mass is 35.5. The number of amides is 1. The van der Waals surface area contributed by atoms with Gasteiger partial charge in [0.2, 0.25) is 0 Å². The SMILES string of the molecule is Cc1nn(-c2ccccc2)c(C)c1C(=O)C(=O)OCC(=O)Nc1cc(Cl)c(Cl)cc1Cl. The van der Waals surface area contributed by atoms with Gasteiger partial charge in [0.25, 0.3) is 11.7 Å². The zero-order valence-electron chi connectivity index (χ0n) is 16.4. The molecule has 0 radical (unpaired) electrons. The summed E-state index contributed by atoms with van der Waals surface area (Å²) in [6.45, 7) is 2.60. The summed E-state index contributed by atoms with van der Waals surface area (Å²) in [5, 5.41) is 7.34. The highest BCUT2D eigenvalue weighted by Gasteiger charge is 2.27. The minimum atomic E-state index is -1.17. The lowest BCUT2D eigenvalue weighted by Crippen LogP contribution is -2.25. The number of hydrogen-bond acceptors (Lipinski definition) is 5. The molecule has 31 heavy (non-hydrogen) atoms. The average molecular weight is 481 g/mol. The van der Waals surface area contributed by atoms with E-state index in [-0.39, 0.29) is 26.3 Å². The molecule has 3 aromatic rings. The van der Waals surface area contributed by atoms with Gasteiger partial charge in [0.05, 0.1) is 43.4 Å². The standard InChI is InChI=1S/C21H16Cl3N3O4/c1-11-19(12(2)27(26-11)13-6-4-3-5-7-13)20(29)21(30)31-10-18(28)25-17-9-15(23)14(22)8-16(17)24/h3-9H,10H2,1-2H3,(H,25,28). The van der Waals surface area contributed by atoms with Crippen LogP contribution in [0.25, 0.3) is 5.69 Å². The smallest absolute Gasteiger partial charge is 0.380 e. The number of ketones is 1. The highest BCUT2D eigenvalue weighted by Crippen LogP contribution is 2.32. The van der Waals surface area contributed by atoms with E-state index in [0.717, 1.165) is 5.69 Å². The number of Topliss-reactive ketones (excluding diaryl/α,β-unsaturated/α-hetero) is 1. The van der Waals surface area contributed by atoms with Crippen LogP contribution in [0, 0.1) is 13.8 Å². The summed E-state index contributed by atoms with van der Waals surface area (Å²) in [4.78, 5) is 37.0. The molecule has 2 aromatic carbocycles. The van der Waals surface area contributed by atoms with Crippen molar-refractivity contribution in [3.8, 4) is 5.69 Å². The van der Waals surface area contributed by atoms with Gasteiger partial charge in [-0.1, -0.05) is 53.0 Å². The average Bonchev–Trinajstić information content (AvgIpc) is 3.04. The molecule has 160 valence electrons. The van der Waals surface area contributed by atoms with Crippen molar-refractivity contribution >= 4 is 58.1 Å². The van der Waals surface area contributed by atoms with Crippen molar-refractivity contribution in [1.82, 2.24) is 9.78 Å². The van der Waals surface area contributed by atoms with Crippen LogP contribution in [0.5, 0.6) is 0 Å². The second-order valence-corrected chi connectivity index (χ2v) is 7.71. The molecule has 0 spiro atoms. The van der Waals surface area contributed by atoms with E-state index in [1.165, 1.54) is 12.1 Å². The van der Waals surface area contributed by atoms with Gasteiger partial charge in [0.15, 0.2) is 6.61 Å². The van der Waals surface area contributed by atoms with E-state index >= 15 is 0 Å². The quantitative estimate of drug-likeness (QED) is 0.237. The van der Waals surface area contributed by atoms with Crippen molar-refractivity contribution in [2.45, 2.75) is 13.8 Å². The molecule has 7 nitrogen and oxygen atoms in total. The molecule has 0 atom stereocenters. The van der Waals surface area contributed by atoms with E-state index < -0.39 is 24.3 Å². The predicted octanol–water partition coefficient (Wildman–Crippen LogP) is 4.81. The van der Waals surface area contributed by atoms with E-state index in [2.05, 4.69) is 10.4 Å². The van der Waals surface area contributed by atoms with Crippen molar-refractivity contribution in [3.63, 3.8) is 0 Å². The lowest BCUT2D eigenvalue weighted by atomic mass is 10.1. The molecule has 0 saturated heterocycles. The molecule has 0 bridgehead atoms. The number of anilines is 1. The van der Waals surface area contributed by atoms with Gasteiger partial charge < -0.3 is 10.1 Å². The zero-order chi connectivity index (χ0) is 22.7. The molecule has 1 aromatic heterocycles. The molecule has 0 saturated carbocycles. The number of nitrogens with one attached hydrogen (secondary N) is 1. The third kappa shape index (κ3) is 5.07. The zero-order valence-corrected chi connectivity index (χ0v) is 18.7. The van der Waals surface area contributed by atoms with Gasteiger partial charge in [-0.2, -0.15) is 5.10 Å². The fourth-order valence-electron chi connectivity index (χ4n) is 2.90. The van der Waals surface area contributed by atoms with Crippen LogP contribution < -0.4 is 5.32 Å². The van der Waals surface area contributed by atoms with Gasteiger partial charge in [0.1, 0.15) is 0 Å². The van der Waals surface area contributed by atoms with E-state index in [9.17, 15) is 14.4 Å². The van der Waals surface area contributed by atoms with Crippen LogP contribution in [-0.2, 0) is 14.3 Å². The minimum Gasteiger partial charge on any atom is -0.450 e. The maximum absolute atomic E-state index is 12.6. The number of carbonyl (C=O) groups excluding carboxylic acids is 3. The van der Waals surface area contributed by atoms with Crippen LogP contribution in [0.3, 0.4) is 0 Å². The van der Waals surface area contributed by atoms with E-state index in [1.54, 1.807) is 18.5 Å². The number of rotatable bonds is 6. The summed E-state index contributed by atoms with van der Waals surface area (Å²) in [5.41, 5.74) is 1.92. The molecule has 0 aliphatic heterocycles. The fourth-order valence-corrected chi connectivity index (χ4v) is 3.49. The third-order valence-electron chi connectivity index (χ3n) is 4.32. The van der Waals surface area contributed by atoms with Gasteiger partial charge in [-0.15, -0.1) is 0 Å². The molecule has 0 aliphatic carbocycles. The molecular formula is C21H16Cl3N3O4. The van der Waals surface area contributed by atoms with E-state index in [4.69, 9.17) is 39.5 Å². The van der Waals surface area contributed by atoms with Crippen LogP contribution in [0.4, 0.5) is 5.69 Å². The summed E-state index contributed by atoms with van der Waals surface area (Å²) >= 11 is 17.7. The third-order valence-corrected chi connectivity index (χ3v) is 5.36.